The number of hydrogen-bond donors (Lipinski definition) is 1. The molecule has 0 amide bonds. The summed E-state index contributed by atoms with van der Waals surface area (Å²) >= 11 is 0. The summed E-state index contributed by atoms with van der Waals surface area (Å²) in [7, 11) is -2.93. The Balaban J connectivity index is 2.36. The summed E-state index contributed by atoms with van der Waals surface area (Å²) in [6, 6.07) is 0.542. The predicted molar refractivity (Wildman–Crippen MR) is 77.6 cm³/mol. The SMILES string of the molecule is CCC(C)CS(=O)(=O)C(C)CNC1CCCCC1. The Labute approximate surface area is 113 Å². The van der Waals surface area contributed by atoms with Crippen LogP contribution in [-0.4, -0.2) is 32.0 Å². The summed E-state index contributed by atoms with van der Waals surface area (Å²) in [5.41, 5.74) is 0. The molecule has 0 heterocycles. The number of rotatable bonds is 7. The van der Waals surface area contributed by atoms with E-state index < -0.39 is 9.84 Å². The van der Waals surface area contributed by atoms with Crippen molar-refractivity contribution in [1.29, 1.82) is 0 Å². The van der Waals surface area contributed by atoms with Gasteiger partial charge >= 0.3 is 0 Å². The second-order valence-electron chi connectivity index (χ2n) is 5.90. The molecular formula is C14H29NO2S. The quantitative estimate of drug-likeness (QED) is 0.777. The van der Waals surface area contributed by atoms with Crippen LogP contribution in [0.1, 0.15) is 59.3 Å². The second kappa shape index (κ2) is 7.49. The van der Waals surface area contributed by atoms with Gasteiger partial charge in [-0.3, -0.25) is 0 Å². The van der Waals surface area contributed by atoms with Crippen LogP contribution >= 0.6 is 0 Å². The third kappa shape index (κ3) is 5.27. The molecule has 0 spiro atoms. The van der Waals surface area contributed by atoms with Gasteiger partial charge in [0.05, 0.1) is 11.0 Å². The van der Waals surface area contributed by atoms with Crippen LogP contribution in [0.15, 0.2) is 0 Å². The molecular weight excluding hydrogens is 246 g/mol. The fourth-order valence-corrected chi connectivity index (χ4v) is 4.15. The Bertz CT molecular complexity index is 321. The average Bonchev–Trinajstić information content (AvgIpc) is 2.36. The number of nitrogens with one attached hydrogen (secondary N) is 1. The van der Waals surface area contributed by atoms with Crippen LogP contribution in [0.25, 0.3) is 0 Å². The molecule has 4 heteroatoms. The average molecular weight is 275 g/mol. The van der Waals surface area contributed by atoms with Crippen molar-refractivity contribution in [3.63, 3.8) is 0 Å². The predicted octanol–water partition coefficient (Wildman–Crippen LogP) is 2.76. The standard InChI is InChI=1S/C14H29NO2S/c1-4-12(2)11-18(16,17)13(3)10-15-14-8-6-5-7-9-14/h12-15H,4-11H2,1-3H3. The molecule has 0 aromatic carbocycles. The van der Waals surface area contributed by atoms with Gasteiger partial charge in [-0.1, -0.05) is 39.5 Å². The third-order valence-electron chi connectivity index (χ3n) is 4.13. The summed E-state index contributed by atoms with van der Waals surface area (Å²) in [4.78, 5) is 0. The molecule has 0 saturated heterocycles. The van der Waals surface area contributed by atoms with Gasteiger partial charge in [0.25, 0.3) is 0 Å². The first-order chi connectivity index (χ1) is 8.45. The zero-order valence-corrected chi connectivity index (χ0v) is 12.9. The topological polar surface area (TPSA) is 46.2 Å². The molecule has 18 heavy (non-hydrogen) atoms. The minimum atomic E-state index is -2.93. The monoisotopic (exact) mass is 275 g/mol. The van der Waals surface area contributed by atoms with Gasteiger partial charge in [-0.2, -0.15) is 0 Å². The lowest BCUT2D eigenvalue weighted by atomic mass is 9.95. The van der Waals surface area contributed by atoms with E-state index in [1.165, 1.54) is 32.1 Å². The molecule has 1 aliphatic rings. The molecule has 2 atom stereocenters. The highest BCUT2D eigenvalue weighted by molar-refractivity contribution is 7.92. The highest BCUT2D eigenvalue weighted by atomic mass is 32.2. The van der Waals surface area contributed by atoms with Gasteiger partial charge in [-0.25, -0.2) is 8.42 Å². The molecule has 0 bridgehead atoms. The highest BCUT2D eigenvalue weighted by Crippen LogP contribution is 2.18. The molecule has 0 aromatic rings. The van der Waals surface area contributed by atoms with Gasteiger partial charge in [0.2, 0.25) is 0 Å². The first kappa shape index (κ1) is 16.0. The highest BCUT2D eigenvalue weighted by Gasteiger charge is 2.24. The maximum atomic E-state index is 12.1. The van der Waals surface area contributed by atoms with Crippen molar-refractivity contribution in [3.05, 3.63) is 0 Å². The lowest BCUT2D eigenvalue weighted by Crippen LogP contribution is -2.39. The zero-order valence-electron chi connectivity index (χ0n) is 12.1. The van der Waals surface area contributed by atoms with E-state index in [0.717, 1.165) is 6.42 Å². The van der Waals surface area contributed by atoms with Crippen LogP contribution in [0.5, 0.6) is 0 Å². The van der Waals surface area contributed by atoms with Crippen molar-refractivity contribution < 1.29 is 8.42 Å². The van der Waals surface area contributed by atoms with Crippen LogP contribution in [0.3, 0.4) is 0 Å². The van der Waals surface area contributed by atoms with E-state index in [1.807, 2.05) is 20.8 Å². The fourth-order valence-electron chi connectivity index (χ4n) is 2.45. The van der Waals surface area contributed by atoms with Crippen molar-refractivity contribution in [2.45, 2.75) is 70.6 Å². The summed E-state index contributed by atoms with van der Waals surface area (Å²) in [5.74, 6) is 0.601. The fraction of sp³-hybridized carbons (Fsp3) is 1.00. The van der Waals surface area contributed by atoms with Crippen LogP contribution in [0.2, 0.25) is 0 Å². The Hall–Kier alpha value is -0.0900. The summed E-state index contributed by atoms with van der Waals surface area (Å²) < 4.78 is 24.3. The minimum absolute atomic E-state index is 0.256. The molecule has 108 valence electrons. The smallest absolute Gasteiger partial charge is 0.154 e. The molecule has 1 fully saturated rings. The molecule has 2 unspecified atom stereocenters. The van der Waals surface area contributed by atoms with Crippen molar-refractivity contribution in [2.24, 2.45) is 5.92 Å². The molecule has 3 nitrogen and oxygen atoms in total. The maximum absolute atomic E-state index is 12.1. The van der Waals surface area contributed by atoms with Gasteiger partial charge in [-0.15, -0.1) is 0 Å². The lowest BCUT2D eigenvalue weighted by Gasteiger charge is -2.25. The maximum Gasteiger partial charge on any atom is 0.154 e. The molecule has 0 aromatic heterocycles. The van der Waals surface area contributed by atoms with E-state index >= 15 is 0 Å². The van der Waals surface area contributed by atoms with Gasteiger partial charge in [0, 0.05) is 12.6 Å². The Morgan fingerprint density at radius 1 is 1.17 bits per heavy atom. The van der Waals surface area contributed by atoms with Gasteiger partial charge in [0.15, 0.2) is 9.84 Å². The molecule has 1 N–H and O–H groups in total. The largest absolute Gasteiger partial charge is 0.313 e. The van der Waals surface area contributed by atoms with Crippen LogP contribution in [0.4, 0.5) is 0 Å². The van der Waals surface area contributed by atoms with Crippen molar-refractivity contribution in [3.8, 4) is 0 Å². The number of sulfone groups is 1. The van der Waals surface area contributed by atoms with Crippen molar-refractivity contribution in [1.82, 2.24) is 5.32 Å². The normalized spacial score (nSPS) is 21.7. The van der Waals surface area contributed by atoms with Crippen molar-refractivity contribution in [2.75, 3.05) is 12.3 Å². The van der Waals surface area contributed by atoms with E-state index in [2.05, 4.69) is 5.32 Å². The first-order valence-corrected chi connectivity index (χ1v) is 9.12. The van der Waals surface area contributed by atoms with E-state index in [-0.39, 0.29) is 11.2 Å². The van der Waals surface area contributed by atoms with Crippen molar-refractivity contribution >= 4 is 9.84 Å². The van der Waals surface area contributed by atoms with Gasteiger partial charge in [-0.05, 0) is 25.7 Å². The third-order valence-corrected chi connectivity index (χ3v) is 6.55. The summed E-state index contributed by atoms with van der Waals surface area (Å²) in [6.45, 7) is 6.51. The zero-order chi connectivity index (χ0) is 13.6. The van der Waals surface area contributed by atoms with E-state index in [0.29, 0.717) is 18.3 Å². The van der Waals surface area contributed by atoms with E-state index in [1.54, 1.807) is 0 Å². The molecule has 1 saturated carbocycles. The Morgan fingerprint density at radius 3 is 2.33 bits per heavy atom. The molecule has 0 radical (unpaired) electrons. The van der Waals surface area contributed by atoms with E-state index in [9.17, 15) is 8.42 Å². The lowest BCUT2D eigenvalue weighted by molar-refractivity contribution is 0.374. The molecule has 1 aliphatic carbocycles. The van der Waals surface area contributed by atoms with Gasteiger partial charge in [0.1, 0.15) is 0 Å². The van der Waals surface area contributed by atoms with E-state index in [4.69, 9.17) is 0 Å². The second-order valence-corrected chi connectivity index (χ2v) is 8.36. The minimum Gasteiger partial charge on any atom is -0.313 e. The Kier molecular flexibility index (Phi) is 6.64. The molecule has 1 rings (SSSR count). The summed E-state index contributed by atoms with van der Waals surface area (Å²) in [6.07, 6.45) is 7.25. The van der Waals surface area contributed by atoms with Crippen LogP contribution in [-0.2, 0) is 9.84 Å². The summed E-state index contributed by atoms with van der Waals surface area (Å²) in [5, 5.41) is 3.18. The molecule has 0 aliphatic heterocycles. The number of hydrogen-bond acceptors (Lipinski definition) is 3. The van der Waals surface area contributed by atoms with Crippen LogP contribution in [0, 0.1) is 5.92 Å². The van der Waals surface area contributed by atoms with Crippen LogP contribution < -0.4 is 5.32 Å². The Morgan fingerprint density at radius 2 is 1.78 bits per heavy atom. The first-order valence-electron chi connectivity index (χ1n) is 7.40. The van der Waals surface area contributed by atoms with Gasteiger partial charge < -0.3 is 5.32 Å².